The fraction of sp³-hybridized carbons (Fsp3) is 0.375. The molecule has 0 bridgehead atoms. The van der Waals surface area contributed by atoms with E-state index in [4.69, 9.17) is 4.74 Å². The molecule has 1 aliphatic rings. The summed E-state index contributed by atoms with van der Waals surface area (Å²) in [5.74, 6) is 0.0413. The lowest BCUT2D eigenvalue weighted by Gasteiger charge is -2.08. The second kappa shape index (κ2) is 7.47. The summed E-state index contributed by atoms with van der Waals surface area (Å²) in [7, 11) is 1.30. The van der Waals surface area contributed by atoms with E-state index in [1.165, 1.54) is 36.8 Å². The van der Waals surface area contributed by atoms with Crippen LogP contribution in [0.5, 0.6) is 5.75 Å². The maximum Gasteiger partial charge on any atom is 0.330 e. The zero-order chi connectivity index (χ0) is 15.1. The van der Waals surface area contributed by atoms with Crippen LogP contribution in [-0.4, -0.2) is 32.1 Å². The molecule has 1 aromatic rings. The average Bonchev–Trinajstić information content (AvgIpc) is 2.96. The van der Waals surface area contributed by atoms with Crippen molar-refractivity contribution in [2.24, 2.45) is 0 Å². The minimum atomic E-state index is -0.446. The number of methoxy groups -OCH3 is 1. The van der Waals surface area contributed by atoms with Crippen molar-refractivity contribution in [2.45, 2.75) is 19.3 Å². The number of carbonyl (C=O) groups is 2. The predicted molar refractivity (Wildman–Crippen MR) is 78.1 cm³/mol. The first-order valence-electron chi connectivity index (χ1n) is 6.95. The molecule has 0 unspecified atom stereocenters. The smallest absolute Gasteiger partial charge is 0.330 e. The average molecular weight is 289 g/mol. The molecule has 0 saturated heterocycles. The first-order chi connectivity index (χ1) is 10.2. The number of hydrogen-bond acceptors (Lipinski definition) is 4. The van der Waals surface area contributed by atoms with Crippen molar-refractivity contribution in [1.82, 2.24) is 5.32 Å². The first kappa shape index (κ1) is 15.1. The highest BCUT2D eigenvalue weighted by Gasteiger charge is 2.11. The topological polar surface area (TPSA) is 64.6 Å². The van der Waals surface area contributed by atoms with E-state index in [9.17, 15) is 9.59 Å². The Labute approximate surface area is 123 Å². The lowest BCUT2D eigenvalue weighted by Crippen LogP contribution is -2.29. The van der Waals surface area contributed by atoms with Crippen molar-refractivity contribution in [3.05, 3.63) is 41.5 Å². The molecular formula is C16H19NO4. The summed E-state index contributed by atoms with van der Waals surface area (Å²) in [4.78, 5) is 22.4. The lowest BCUT2D eigenvalue weighted by molar-refractivity contribution is -0.134. The van der Waals surface area contributed by atoms with E-state index in [1.807, 2.05) is 12.1 Å². The normalized spacial score (nSPS) is 13.0. The molecule has 1 aromatic carbocycles. The minimum absolute atomic E-state index is 0.0369. The van der Waals surface area contributed by atoms with Gasteiger partial charge in [0.05, 0.1) is 7.11 Å². The summed E-state index contributed by atoms with van der Waals surface area (Å²) in [5, 5.41) is 2.63. The van der Waals surface area contributed by atoms with Gasteiger partial charge in [0, 0.05) is 12.6 Å². The van der Waals surface area contributed by atoms with Crippen molar-refractivity contribution in [3.8, 4) is 5.75 Å². The van der Waals surface area contributed by atoms with Crippen molar-refractivity contribution < 1.29 is 19.1 Å². The zero-order valence-corrected chi connectivity index (χ0v) is 12.1. The van der Waals surface area contributed by atoms with E-state index >= 15 is 0 Å². The molecule has 5 nitrogen and oxygen atoms in total. The van der Waals surface area contributed by atoms with Crippen LogP contribution in [0.15, 0.2) is 30.4 Å². The molecule has 0 aliphatic heterocycles. The van der Waals surface area contributed by atoms with Gasteiger partial charge in [-0.25, -0.2) is 4.79 Å². The van der Waals surface area contributed by atoms with Crippen molar-refractivity contribution >= 4 is 11.9 Å². The third kappa shape index (κ3) is 4.63. The fourth-order valence-electron chi connectivity index (χ4n) is 2.23. The molecule has 0 radical (unpaired) electrons. The van der Waals surface area contributed by atoms with E-state index < -0.39 is 5.97 Å². The summed E-state index contributed by atoms with van der Waals surface area (Å²) in [6.45, 7) is 0.229. The van der Waals surface area contributed by atoms with Gasteiger partial charge in [-0.1, -0.05) is 12.1 Å². The van der Waals surface area contributed by atoms with Gasteiger partial charge in [0.2, 0.25) is 0 Å². The highest BCUT2D eigenvalue weighted by atomic mass is 16.5. The Hall–Kier alpha value is -2.30. The first-order valence-corrected chi connectivity index (χ1v) is 6.95. The second-order valence-electron chi connectivity index (χ2n) is 4.80. The monoisotopic (exact) mass is 289 g/mol. The fourth-order valence-corrected chi connectivity index (χ4v) is 2.23. The molecule has 21 heavy (non-hydrogen) atoms. The van der Waals surface area contributed by atoms with Crippen LogP contribution in [0.25, 0.3) is 0 Å². The molecule has 2 rings (SSSR count). The van der Waals surface area contributed by atoms with Gasteiger partial charge < -0.3 is 14.8 Å². The quantitative estimate of drug-likeness (QED) is 0.635. The standard InChI is InChI=1S/C16H19NO4/c1-20-16(19)6-3-9-17-15(18)11-21-14-8-7-12-4-2-5-13(12)10-14/h3,6-8,10H,2,4-5,9,11H2,1H3,(H,17,18)/b6-3+. The molecule has 0 saturated carbocycles. The SMILES string of the molecule is COC(=O)/C=C/CNC(=O)COc1ccc2c(c1)CCC2. The van der Waals surface area contributed by atoms with Crippen LogP contribution < -0.4 is 10.1 Å². The maximum atomic E-state index is 11.6. The van der Waals surface area contributed by atoms with Crippen LogP contribution in [0.3, 0.4) is 0 Å². The molecule has 112 valence electrons. The van der Waals surface area contributed by atoms with E-state index in [0.717, 1.165) is 18.6 Å². The summed E-state index contributed by atoms with van der Waals surface area (Å²) in [6, 6.07) is 5.97. The van der Waals surface area contributed by atoms with E-state index in [1.54, 1.807) is 0 Å². The Morgan fingerprint density at radius 2 is 2.10 bits per heavy atom. The van der Waals surface area contributed by atoms with Crippen LogP contribution >= 0.6 is 0 Å². The number of amides is 1. The number of benzene rings is 1. The molecule has 5 heteroatoms. The minimum Gasteiger partial charge on any atom is -0.484 e. The van der Waals surface area contributed by atoms with Gasteiger partial charge in [-0.15, -0.1) is 0 Å². The van der Waals surface area contributed by atoms with Gasteiger partial charge in [-0.05, 0) is 42.5 Å². The number of esters is 1. The van der Waals surface area contributed by atoms with Gasteiger partial charge in [0.25, 0.3) is 5.91 Å². The van der Waals surface area contributed by atoms with Crippen LogP contribution in [0.2, 0.25) is 0 Å². The van der Waals surface area contributed by atoms with Gasteiger partial charge in [-0.2, -0.15) is 0 Å². The van der Waals surface area contributed by atoms with E-state index in [2.05, 4.69) is 16.1 Å². The Balaban J connectivity index is 1.71. The number of carbonyl (C=O) groups excluding carboxylic acids is 2. The molecule has 0 heterocycles. The Morgan fingerprint density at radius 3 is 2.90 bits per heavy atom. The molecule has 1 amide bonds. The Kier molecular flexibility index (Phi) is 5.37. The van der Waals surface area contributed by atoms with E-state index in [-0.39, 0.29) is 19.1 Å². The van der Waals surface area contributed by atoms with E-state index in [0.29, 0.717) is 0 Å². The van der Waals surface area contributed by atoms with Crippen molar-refractivity contribution in [1.29, 1.82) is 0 Å². The molecule has 0 atom stereocenters. The van der Waals surface area contributed by atoms with Gasteiger partial charge >= 0.3 is 5.97 Å². The second-order valence-corrected chi connectivity index (χ2v) is 4.80. The largest absolute Gasteiger partial charge is 0.484 e. The van der Waals surface area contributed by atoms with Gasteiger partial charge in [0.15, 0.2) is 6.61 Å². The summed E-state index contributed by atoms with van der Waals surface area (Å²) >= 11 is 0. The third-order valence-electron chi connectivity index (χ3n) is 3.31. The zero-order valence-electron chi connectivity index (χ0n) is 12.1. The molecular weight excluding hydrogens is 270 g/mol. The summed E-state index contributed by atoms with van der Waals surface area (Å²) in [5.41, 5.74) is 2.69. The molecule has 0 fully saturated rings. The molecule has 0 aromatic heterocycles. The van der Waals surface area contributed by atoms with Gasteiger partial charge in [-0.3, -0.25) is 4.79 Å². The maximum absolute atomic E-state index is 11.6. The van der Waals surface area contributed by atoms with Gasteiger partial charge in [0.1, 0.15) is 5.75 Å². The predicted octanol–water partition coefficient (Wildman–Crippen LogP) is 1.40. The highest BCUT2D eigenvalue weighted by Crippen LogP contribution is 2.25. The third-order valence-corrected chi connectivity index (χ3v) is 3.31. The number of aryl methyl sites for hydroxylation is 2. The number of ether oxygens (including phenoxy) is 2. The Morgan fingerprint density at radius 1 is 1.29 bits per heavy atom. The number of fused-ring (bicyclic) bond motifs is 1. The number of nitrogens with one attached hydrogen (secondary N) is 1. The summed E-state index contributed by atoms with van der Waals surface area (Å²) in [6.07, 6.45) is 6.19. The number of hydrogen-bond donors (Lipinski definition) is 1. The van der Waals surface area contributed by atoms with Crippen LogP contribution in [0.1, 0.15) is 17.5 Å². The molecule has 0 spiro atoms. The van der Waals surface area contributed by atoms with Crippen LogP contribution in [0, 0.1) is 0 Å². The van der Waals surface area contributed by atoms with Crippen molar-refractivity contribution in [2.75, 3.05) is 20.3 Å². The lowest BCUT2D eigenvalue weighted by atomic mass is 10.1. The highest BCUT2D eigenvalue weighted by molar-refractivity contribution is 5.82. The molecule has 1 N–H and O–H groups in total. The van der Waals surface area contributed by atoms with Crippen LogP contribution in [0.4, 0.5) is 0 Å². The summed E-state index contributed by atoms with van der Waals surface area (Å²) < 4.78 is 9.90. The van der Waals surface area contributed by atoms with Crippen molar-refractivity contribution in [3.63, 3.8) is 0 Å². The van der Waals surface area contributed by atoms with Crippen LogP contribution in [-0.2, 0) is 27.2 Å². The number of rotatable bonds is 6. The Bertz CT molecular complexity index is 551. The molecule has 1 aliphatic carbocycles.